The third-order valence-electron chi connectivity index (χ3n) is 6.83. The third kappa shape index (κ3) is 2.69. The van der Waals surface area contributed by atoms with Gasteiger partial charge < -0.3 is 24.1 Å². The molecule has 6 heteroatoms. The number of fused-ring (bicyclic) bond motifs is 3. The van der Waals surface area contributed by atoms with Gasteiger partial charge in [-0.05, 0) is 55.4 Å². The SMILES string of the molecule is OC1(N2CCC(c3cccc4c3OCCO4)CC2)CCc2cc3c(cc21)OCO3. The molecule has 0 spiro atoms. The summed E-state index contributed by atoms with van der Waals surface area (Å²) >= 11 is 0. The van der Waals surface area contributed by atoms with Gasteiger partial charge in [0, 0.05) is 24.2 Å². The van der Waals surface area contributed by atoms with Gasteiger partial charge in [0.1, 0.15) is 18.9 Å². The highest BCUT2D eigenvalue weighted by molar-refractivity contribution is 5.52. The van der Waals surface area contributed by atoms with Crippen LogP contribution in [0, 0.1) is 0 Å². The van der Waals surface area contributed by atoms with Crippen LogP contribution in [0.25, 0.3) is 0 Å². The first-order valence-electron chi connectivity index (χ1n) is 10.5. The van der Waals surface area contributed by atoms with Crippen molar-refractivity contribution >= 4 is 0 Å². The van der Waals surface area contributed by atoms with Crippen molar-refractivity contribution in [3.8, 4) is 23.0 Å². The van der Waals surface area contributed by atoms with Crippen molar-refractivity contribution in [3.05, 3.63) is 47.0 Å². The summed E-state index contributed by atoms with van der Waals surface area (Å²) in [6.45, 7) is 3.17. The molecule has 1 N–H and O–H groups in total. The lowest BCUT2D eigenvalue weighted by molar-refractivity contribution is -0.124. The zero-order valence-electron chi connectivity index (χ0n) is 16.4. The molecule has 1 saturated heterocycles. The van der Waals surface area contributed by atoms with E-state index < -0.39 is 5.72 Å². The molecule has 0 radical (unpaired) electrons. The van der Waals surface area contributed by atoms with Crippen LogP contribution in [0.5, 0.6) is 23.0 Å². The number of ether oxygens (including phenoxy) is 4. The van der Waals surface area contributed by atoms with Crippen LogP contribution in [0.4, 0.5) is 0 Å². The van der Waals surface area contributed by atoms with Crippen molar-refractivity contribution in [1.82, 2.24) is 4.90 Å². The Morgan fingerprint density at radius 1 is 0.931 bits per heavy atom. The average molecular weight is 395 g/mol. The van der Waals surface area contributed by atoms with Gasteiger partial charge >= 0.3 is 0 Å². The van der Waals surface area contributed by atoms with Gasteiger partial charge in [-0.3, -0.25) is 4.90 Å². The average Bonchev–Trinajstić information content (AvgIpc) is 3.37. The quantitative estimate of drug-likeness (QED) is 0.843. The number of nitrogens with zero attached hydrogens (tertiary/aromatic N) is 1. The molecule has 29 heavy (non-hydrogen) atoms. The van der Waals surface area contributed by atoms with E-state index in [2.05, 4.69) is 17.0 Å². The number of likely N-dealkylation sites (tertiary alicyclic amines) is 1. The fraction of sp³-hybridized carbons (Fsp3) is 0.478. The van der Waals surface area contributed by atoms with E-state index in [0.29, 0.717) is 25.6 Å². The second-order valence-electron chi connectivity index (χ2n) is 8.31. The first-order chi connectivity index (χ1) is 14.2. The van der Waals surface area contributed by atoms with Gasteiger partial charge in [0.2, 0.25) is 6.79 Å². The topological polar surface area (TPSA) is 60.4 Å². The number of aryl methyl sites for hydroxylation is 1. The number of rotatable bonds is 2. The van der Waals surface area contributed by atoms with Gasteiger partial charge in [0.25, 0.3) is 0 Å². The molecule has 0 aromatic heterocycles. The molecule has 0 saturated carbocycles. The summed E-state index contributed by atoms with van der Waals surface area (Å²) in [4.78, 5) is 2.24. The maximum Gasteiger partial charge on any atom is 0.231 e. The Kier molecular flexibility index (Phi) is 3.93. The van der Waals surface area contributed by atoms with Gasteiger partial charge in [0.05, 0.1) is 0 Å². The maximum absolute atomic E-state index is 11.6. The van der Waals surface area contributed by atoms with E-state index >= 15 is 0 Å². The van der Waals surface area contributed by atoms with Crippen molar-refractivity contribution in [2.75, 3.05) is 33.1 Å². The summed E-state index contributed by atoms with van der Waals surface area (Å²) in [6, 6.07) is 10.2. The van der Waals surface area contributed by atoms with E-state index in [0.717, 1.165) is 60.9 Å². The Bertz CT molecular complexity index is 953. The summed E-state index contributed by atoms with van der Waals surface area (Å²) in [6.07, 6.45) is 3.55. The molecule has 3 aliphatic heterocycles. The predicted octanol–water partition coefficient (Wildman–Crippen LogP) is 3.16. The lowest BCUT2D eigenvalue weighted by atomic mass is 9.87. The zero-order valence-corrected chi connectivity index (χ0v) is 16.4. The summed E-state index contributed by atoms with van der Waals surface area (Å²) in [7, 11) is 0. The molecule has 1 unspecified atom stereocenters. The number of benzene rings is 2. The van der Waals surface area contributed by atoms with Crippen LogP contribution >= 0.6 is 0 Å². The molecule has 6 rings (SSSR count). The summed E-state index contributed by atoms with van der Waals surface area (Å²) < 4.78 is 22.7. The van der Waals surface area contributed by atoms with E-state index in [4.69, 9.17) is 18.9 Å². The number of aliphatic hydroxyl groups is 1. The minimum Gasteiger partial charge on any atom is -0.486 e. The van der Waals surface area contributed by atoms with Crippen LogP contribution in [-0.4, -0.2) is 43.1 Å². The van der Waals surface area contributed by atoms with Crippen LogP contribution in [0.15, 0.2) is 30.3 Å². The monoisotopic (exact) mass is 395 g/mol. The standard InChI is InChI=1S/C23H25NO5/c25-23(7-4-16-12-20-21(13-18(16)23)29-14-28-20)24-8-5-15(6-9-24)17-2-1-3-19-22(17)27-11-10-26-19/h1-3,12-13,15,25H,4-11,14H2. The third-order valence-corrected chi connectivity index (χ3v) is 6.83. The molecule has 152 valence electrons. The van der Waals surface area contributed by atoms with Crippen molar-refractivity contribution in [3.63, 3.8) is 0 Å². The summed E-state index contributed by atoms with van der Waals surface area (Å²) in [5.74, 6) is 3.73. The molecule has 0 amide bonds. The number of para-hydroxylation sites is 1. The Morgan fingerprint density at radius 3 is 2.59 bits per heavy atom. The van der Waals surface area contributed by atoms with Crippen molar-refractivity contribution in [1.29, 1.82) is 0 Å². The fourth-order valence-electron chi connectivity index (χ4n) is 5.31. The lowest BCUT2D eigenvalue weighted by Crippen LogP contribution is -2.48. The van der Waals surface area contributed by atoms with Gasteiger partial charge in [-0.15, -0.1) is 0 Å². The highest BCUT2D eigenvalue weighted by atomic mass is 16.7. The van der Waals surface area contributed by atoms with Gasteiger partial charge in [-0.25, -0.2) is 0 Å². The molecule has 2 aromatic carbocycles. The highest BCUT2D eigenvalue weighted by Crippen LogP contribution is 2.48. The smallest absolute Gasteiger partial charge is 0.231 e. The van der Waals surface area contributed by atoms with Crippen LogP contribution in [-0.2, 0) is 12.1 Å². The fourth-order valence-corrected chi connectivity index (χ4v) is 5.31. The number of hydrogen-bond acceptors (Lipinski definition) is 6. The van der Waals surface area contributed by atoms with E-state index in [1.165, 1.54) is 11.1 Å². The lowest BCUT2D eigenvalue weighted by Gasteiger charge is -2.42. The molecule has 4 aliphatic rings. The van der Waals surface area contributed by atoms with Crippen LogP contribution < -0.4 is 18.9 Å². The summed E-state index contributed by atoms with van der Waals surface area (Å²) in [5.41, 5.74) is 2.47. The van der Waals surface area contributed by atoms with E-state index in [1.807, 2.05) is 18.2 Å². The zero-order chi connectivity index (χ0) is 19.4. The van der Waals surface area contributed by atoms with Crippen molar-refractivity contribution in [2.24, 2.45) is 0 Å². The Hall–Kier alpha value is -2.44. The highest BCUT2D eigenvalue weighted by Gasteiger charge is 2.44. The first kappa shape index (κ1) is 17.4. The normalized spacial score (nSPS) is 25.8. The van der Waals surface area contributed by atoms with Crippen LogP contribution in [0.1, 0.15) is 41.9 Å². The minimum absolute atomic E-state index is 0.259. The molecule has 0 bridgehead atoms. The Morgan fingerprint density at radius 2 is 1.72 bits per heavy atom. The molecular formula is C23H25NO5. The number of hydrogen-bond donors (Lipinski definition) is 1. The van der Waals surface area contributed by atoms with E-state index in [-0.39, 0.29) is 6.79 Å². The van der Waals surface area contributed by atoms with Gasteiger partial charge in [0.15, 0.2) is 23.0 Å². The van der Waals surface area contributed by atoms with Crippen molar-refractivity contribution < 1.29 is 24.1 Å². The van der Waals surface area contributed by atoms with E-state index in [1.54, 1.807) is 0 Å². The summed E-state index contributed by atoms with van der Waals surface area (Å²) in [5, 5.41) is 11.6. The van der Waals surface area contributed by atoms with E-state index in [9.17, 15) is 5.11 Å². The van der Waals surface area contributed by atoms with Gasteiger partial charge in [-0.2, -0.15) is 0 Å². The molecule has 1 atom stereocenters. The van der Waals surface area contributed by atoms with Crippen LogP contribution in [0.3, 0.4) is 0 Å². The van der Waals surface area contributed by atoms with Gasteiger partial charge in [-0.1, -0.05) is 12.1 Å². The molecular weight excluding hydrogens is 370 g/mol. The number of piperidine rings is 1. The molecule has 3 heterocycles. The largest absolute Gasteiger partial charge is 0.486 e. The van der Waals surface area contributed by atoms with Crippen LogP contribution in [0.2, 0.25) is 0 Å². The second kappa shape index (κ2) is 6.54. The Labute approximate surface area is 169 Å². The molecule has 1 aliphatic carbocycles. The predicted molar refractivity (Wildman–Crippen MR) is 106 cm³/mol. The molecule has 6 nitrogen and oxygen atoms in total. The molecule has 2 aromatic rings. The maximum atomic E-state index is 11.6. The minimum atomic E-state index is -0.920. The Balaban J connectivity index is 1.23. The van der Waals surface area contributed by atoms with Crippen molar-refractivity contribution in [2.45, 2.75) is 37.3 Å². The molecule has 1 fully saturated rings. The first-order valence-corrected chi connectivity index (χ1v) is 10.5. The second-order valence-corrected chi connectivity index (χ2v) is 8.31.